The molecule has 0 bridgehead atoms. The summed E-state index contributed by atoms with van der Waals surface area (Å²) in [5.41, 5.74) is 2.48. The molecule has 0 aliphatic carbocycles. The Morgan fingerprint density at radius 3 is 2.25 bits per heavy atom. The molecule has 1 aliphatic heterocycles. The van der Waals surface area contributed by atoms with E-state index < -0.39 is 0 Å². The number of urea groups is 1. The second-order valence-electron chi connectivity index (χ2n) is 7.88. The zero-order valence-electron chi connectivity index (χ0n) is 17.0. The Labute approximate surface area is 168 Å². The lowest BCUT2D eigenvalue weighted by Crippen LogP contribution is -2.49. The van der Waals surface area contributed by atoms with Crippen molar-refractivity contribution in [2.75, 3.05) is 33.7 Å². The molecule has 2 aromatic rings. The minimum atomic E-state index is -0.0720. The van der Waals surface area contributed by atoms with Crippen LogP contribution in [0.5, 0.6) is 0 Å². The summed E-state index contributed by atoms with van der Waals surface area (Å²) in [6, 6.07) is 20.9. The maximum Gasteiger partial charge on any atom is 0.315 e. The minimum absolute atomic E-state index is 0.0191. The number of likely N-dealkylation sites (tertiary alicyclic amines) is 1. The van der Waals surface area contributed by atoms with Gasteiger partial charge >= 0.3 is 6.03 Å². The van der Waals surface area contributed by atoms with Crippen molar-refractivity contribution >= 4 is 6.03 Å². The third-order valence-electron chi connectivity index (χ3n) is 5.23. The van der Waals surface area contributed by atoms with Crippen LogP contribution in [0.15, 0.2) is 60.7 Å². The minimum Gasteiger partial charge on any atom is -0.335 e. The number of carbonyl (C=O) groups excluding carboxylic acids is 1. The lowest BCUT2D eigenvalue weighted by Gasteiger charge is -2.33. The van der Waals surface area contributed by atoms with Crippen molar-refractivity contribution in [3.8, 4) is 0 Å². The molecule has 0 spiro atoms. The fourth-order valence-electron chi connectivity index (χ4n) is 3.75. The molecule has 1 saturated heterocycles. The number of likely N-dealkylation sites (N-methyl/N-ethyl adjacent to an activating group) is 1. The highest BCUT2D eigenvalue weighted by atomic mass is 16.2. The molecule has 1 fully saturated rings. The average molecular weight is 381 g/mol. The van der Waals surface area contributed by atoms with Crippen molar-refractivity contribution in [3.05, 3.63) is 71.8 Å². The van der Waals surface area contributed by atoms with E-state index in [4.69, 9.17) is 0 Å². The van der Waals surface area contributed by atoms with Crippen LogP contribution >= 0.6 is 0 Å². The molecule has 2 N–H and O–H groups in total. The van der Waals surface area contributed by atoms with Gasteiger partial charge in [-0.15, -0.1) is 0 Å². The molecule has 1 aliphatic rings. The number of hydrogen-bond acceptors (Lipinski definition) is 3. The van der Waals surface area contributed by atoms with Crippen molar-refractivity contribution in [3.63, 3.8) is 0 Å². The normalized spacial score (nSPS) is 16.7. The molecule has 0 radical (unpaired) electrons. The van der Waals surface area contributed by atoms with Crippen LogP contribution in [0, 0.1) is 0 Å². The number of piperidine rings is 1. The van der Waals surface area contributed by atoms with Crippen LogP contribution in [0.2, 0.25) is 0 Å². The van der Waals surface area contributed by atoms with Crippen molar-refractivity contribution in [2.24, 2.45) is 0 Å². The van der Waals surface area contributed by atoms with Gasteiger partial charge < -0.3 is 15.5 Å². The van der Waals surface area contributed by atoms with E-state index in [0.717, 1.165) is 44.6 Å². The molecule has 28 heavy (non-hydrogen) atoms. The molecule has 150 valence electrons. The van der Waals surface area contributed by atoms with Gasteiger partial charge in [0.15, 0.2) is 0 Å². The van der Waals surface area contributed by atoms with Gasteiger partial charge in [0.25, 0.3) is 0 Å². The highest BCUT2D eigenvalue weighted by molar-refractivity contribution is 5.74. The van der Waals surface area contributed by atoms with Crippen molar-refractivity contribution in [1.29, 1.82) is 0 Å². The van der Waals surface area contributed by atoms with Crippen LogP contribution in [0.25, 0.3) is 0 Å². The third-order valence-corrected chi connectivity index (χ3v) is 5.23. The Kier molecular flexibility index (Phi) is 7.46. The fraction of sp³-hybridized carbons (Fsp3) is 0.435. The van der Waals surface area contributed by atoms with Crippen LogP contribution in [-0.2, 0) is 6.54 Å². The first-order valence-corrected chi connectivity index (χ1v) is 10.1. The Morgan fingerprint density at radius 1 is 1.04 bits per heavy atom. The van der Waals surface area contributed by atoms with Crippen LogP contribution in [-0.4, -0.2) is 55.6 Å². The van der Waals surface area contributed by atoms with Crippen LogP contribution in [0.1, 0.15) is 30.0 Å². The number of amides is 2. The Balaban J connectivity index is 1.46. The SMILES string of the molecule is CN(C)CC(NC(=O)NC1CCN(Cc2ccccc2)CC1)c1ccccc1. The van der Waals surface area contributed by atoms with Crippen molar-refractivity contribution < 1.29 is 4.79 Å². The molecular formula is C23H32N4O. The Morgan fingerprint density at radius 2 is 1.64 bits per heavy atom. The summed E-state index contributed by atoms with van der Waals surface area (Å²) in [5, 5.41) is 6.34. The Bertz CT molecular complexity index is 712. The van der Waals surface area contributed by atoms with Crippen LogP contribution in [0.3, 0.4) is 0 Å². The first-order valence-electron chi connectivity index (χ1n) is 10.1. The van der Waals surface area contributed by atoms with Gasteiger partial charge in [0.05, 0.1) is 6.04 Å². The van der Waals surface area contributed by atoms with Gasteiger partial charge in [-0.3, -0.25) is 4.90 Å². The first-order chi connectivity index (χ1) is 13.6. The fourth-order valence-corrected chi connectivity index (χ4v) is 3.75. The average Bonchev–Trinajstić information content (AvgIpc) is 2.70. The van der Waals surface area contributed by atoms with E-state index in [9.17, 15) is 4.79 Å². The number of nitrogens with one attached hydrogen (secondary N) is 2. The van der Waals surface area contributed by atoms with Gasteiger partial charge in [-0.2, -0.15) is 0 Å². The summed E-state index contributed by atoms with van der Waals surface area (Å²) in [5.74, 6) is 0. The number of rotatable bonds is 7. The molecule has 5 heteroatoms. The standard InChI is InChI=1S/C23H32N4O/c1-26(2)18-22(20-11-7-4-8-12-20)25-23(28)24-21-13-15-27(16-14-21)17-19-9-5-3-6-10-19/h3-12,21-22H,13-18H2,1-2H3,(H2,24,25,28). The maximum absolute atomic E-state index is 12.6. The quantitative estimate of drug-likeness (QED) is 0.775. The molecular weight excluding hydrogens is 348 g/mol. The lowest BCUT2D eigenvalue weighted by molar-refractivity contribution is 0.185. The molecule has 0 aromatic heterocycles. The second kappa shape index (κ2) is 10.2. The van der Waals surface area contributed by atoms with Gasteiger partial charge in [-0.1, -0.05) is 60.7 Å². The lowest BCUT2D eigenvalue weighted by atomic mass is 10.0. The smallest absolute Gasteiger partial charge is 0.315 e. The molecule has 5 nitrogen and oxygen atoms in total. The summed E-state index contributed by atoms with van der Waals surface area (Å²) in [6.45, 7) is 3.78. The summed E-state index contributed by atoms with van der Waals surface area (Å²) < 4.78 is 0. The van der Waals surface area contributed by atoms with E-state index in [1.807, 2.05) is 32.3 Å². The number of benzene rings is 2. The highest BCUT2D eigenvalue weighted by Crippen LogP contribution is 2.15. The molecule has 3 rings (SSSR count). The predicted molar refractivity (Wildman–Crippen MR) is 114 cm³/mol. The molecule has 2 amide bonds. The van der Waals surface area contributed by atoms with Crippen LogP contribution in [0.4, 0.5) is 4.79 Å². The van der Waals surface area contributed by atoms with E-state index in [0.29, 0.717) is 0 Å². The van der Waals surface area contributed by atoms with Gasteiger partial charge in [-0.25, -0.2) is 4.79 Å². The third kappa shape index (κ3) is 6.36. The van der Waals surface area contributed by atoms with Gasteiger partial charge in [0, 0.05) is 32.2 Å². The zero-order chi connectivity index (χ0) is 19.8. The van der Waals surface area contributed by atoms with Gasteiger partial charge in [-0.05, 0) is 38.1 Å². The maximum atomic E-state index is 12.6. The molecule has 2 aromatic carbocycles. The monoisotopic (exact) mass is 380 g/mol. The van der Waals surface area contributed by atoms with E-state index >= 15 is 0 Å². The van der Waals surface area contributed by atoms with Gasteiger partial charge in [0.1, 0.15) is 0 Å². The molecule has 0 saturated carbocycles. The van der Waals surface area contributed by atoms with E-state index in [1.54, 1.807) is 0 Å². The van der Waals surface area contributed by atoms with E-state index in [2.05, 4.69) is 62.9 Å². The number of hydrogen-bond donors (Lipinski definition) is 2. The van der Waals surface area contributed by atoms with E-state index in [1.165, 1.54) is 5.56 Å². The number of nitrogens with zero attached hydrogens (tertiary/aromatic N) is 2. The molecule has 1 unspecified atom stereocenters. The van der Waals surface area contributed by atoms with Gasteiger partial charge in [0.2, 0.25) is 0 Å². The summed E-state index contributed by atoms with van der Waals surface area (Å²) >= 11 is 0. The van der Waals surface area contributed by atoms with Crippen molar-refractivity contribution in [1.82, 2.24) is 20.4 Å². The number of carbonyl (C=O) groups is 1. The topological polar surface area (TPSA) is 47.6 Å². The van der Waals surface area contributed by atoms with E-state index in [-0.39, 0.29) is 18.1 Å². The second-order valence-corrected chi connectivity index (χ2v) is 7.88. The molecule has 1 atom stereocenters. The van der Waals surface area contributed by atoms with Crippen LogP contribution < -0.4 is 10.6 Å². The predicted octanol–water partition coefficient (Wildman–Crippen LogP) is 3.25. The first kappa shape index (κ1) is 20.4. The molecule has 1 heterocycles. The zero-order valence-corrected chi connectivity index (χ0v) is 17.0. The highest BCUT2D eigenvalue weighted by Gasteiger charge is 2.22. The summed E-state index contributed by atoms with van der Waals surface area (Å²) in [6.07, 6.45) is 1.98. The summed E-state index contributed by atoms with van der Waals surface area (Å²) in [4.78, 5) is 17.2. The Hall–Kier alpha value is -2.37. The summed E-state index contributed by atoms with van der Waals surface area (Å²) in [7, 11) is 4.05. The largest absolute Gasteiger partial charge is 0.335 e. The van der Waals surface area contributed by atoms with Crippen molar-refractivity contribution in [2.45, 2.75) is 31.5 Å².